The molecule has 0 radical (unpaired) electrons. The zero-order valence-corrected chi connectivity index (χ0v) is 6.78. The van der Waals surface area contributed by atoms with Crippen molar-refractivity contribution in [2.75, 3.05) is 6.54 Å². The Kier molecular flexibility index (Phi) is 2.77. The molecule has 1 N–H and O–H groups in total. The van der Waals surface area contributed by atoms with E-state index in [-0.39, 0.29) is 0 Å². The van der Waals surface area contributed by atoms with Gasteiger partial charge in [-0.2, -0.15) is 0 Å². The molecule has 0 amide bonds. The van der Waals surface area contributed by atoms with E-state index in [9.17, 15) is 0 Å². The standard InChI is InChI=1S/C9H15N/c1-3-4-5-6-10-9-7-8(9)2/h8-10H,5-7H2,1-2H3. The predicted molar refractivity (Wildman–Crippen MR) is 43.6 cm³/mol. The van der Waals surface area contributed by atoms with Gasteiger partial charge in [-0.25, -0.2) is 0 Å². The molecule has 1 aliphatic rings. The van der Waals surface area contributed by atoms with E-state index >= 15 is 0 Å². The first-order chi connectivity index (χ1) is 4.84. The second kappa shape index (κ2) is 3.63. The molecule has 0 spiro atoms. The molecule has 10 heavy (non-hydrogen) atoms. The predicted octanol–water partition coefficient (Wildman–Crippen LogP) is 1.40. The Hall–Kier alpha value is -0.480. The van der Waals surface area contributed by atoms with Gasteiger partial charge in [-0.3, -0.25) is 0 Å². The Morgan fingerprint density at radius 2 is 2.30 bits per heavy atom. The summed E-state index contributed by atoms with van der Waals surface area (Å²) < 4.78 is 0. The van der Waals surface area contributed by atoms with E-state index in [0.29, 0.717) is 0 Å². The number of hydrogen-bond acceptors (Lipinski definition) is 1. The Morgan fingerprint density at radius 1 is 1.60 bits per heavy atom. The van der Waals surface area contributed by atoms with Gasteiger partial charge in [0.1, 0.15) is 0 Å². The minimum atomic E-state index is 0.804. The molecule has 1 nitrogen and oxygen atoms in total. The zero-order chi connectivity index (χ0) is 7.40. The monoisotopic (exact) mass is 137 g/mol. The van der Waals surface area contributed by atoms with Crippen LogP contribution in [0.5, 0.6) is 0 Å². The first kappa shape index (κ1) is 7.63. The second-order valence-corrected chi connectivity index (χ2v) is 2.95. The van der Waals surface area contributed by atoms with Crippen LogP contribution in [0.1, 0.15) is 26.7 Å². The first-order valence-electron chi connectivity index (χ1n) is 3.97. The van der Waals surface area contributed by atoms with E-state index in [1.807, 2.05) is 6.92 Å². The summed E-state index contributed by atoms with van der Waals surface area (Å²) in [5.74, 6) is 6.83. The fourth-order valence-electron chi connectivity index (χ4n) is 1.05. The molecule has 0 aromatic heterocycles. The molecule has 0 aromatic rings. The number of hydrogen-bond donors (Lipinski definition) is 1. The van der Waals surface area contributed by atoms with Crippen molar-refractivity contribution in [3.63, 3.8) is 0 Å². The van der Waals surface area contributed by atoms with Crippen molar-refractivity contribution >= 4 is 0 Å². The molecular formula is C9H15N. The average Bonchev–Trinajstić information content (AvgIpc) is 2.60. The van der Waals surface area contributed by atoms with Crippen LogP contribution in [0.25, 0.3) is 0 Å². The lowest BCUT2D eigenvalue weighted by atomic mass is 10.4. The van der Waals surface area contributed by atoms with Crippen molar-refractivity contribution in [3.05, 3.63) is 0 Å². The third kappa shape index (κ3) is 2.41. The minimum absolute atomic E-state index is 0.804. The summed E-state index contributed by atoms with van der Waals surface area (Å²) in [6.07, 6.45) is 2.36. The average molecular weight is 137 g/mol. The van der Waals surface area contributed by atoms with E-state index < -0.39 is 0 Å². The summed E-state index contributed by atoms with van der Waals surface area (Å²) in [7, 11) is 0. The van der Waals surface area contributed by atoms with Crippen LogP contribution in [0, 0.1) is 17.8 Å². The fraction of sp³-hybridized carbons (Fsp3) is 0.778. The largest absolute Gasteiger partial charge is 0.313 e. The van der Waals surface area contributed by atoms with Crippen molar-refractivity contribution in [2.45, 2.75) is 32.7 Å². The van der Waals surface area contributed by atoms with E-state index in [2.05, 4.69) is 24.1 Å². The lowest BCUT2D eigenvalue weighted by molar-refractivity contribution is 0.661. The molecule has 56 valence electrons. The van der Waals surface area contributed by atoms with Crippen molar-refractivity contribution in [1.82, 2.24) is 5.32 Å². The van der Waals surface area contributed by atoms with Gasteiger partial charge in [-0.15, -0.1) is 11.8 Å². The zero-order valence-electron chi connectivity index (χ0n) is 6.78. The van der Waals surface area contributed by atoms with Gasteiger partial charge in [0.15, 0.2) is 0 Å². The maximum Gasteiger partial charge on any atom is 0.0214 e. The molecule has 1 heteroatoms. The molecule has 1 aliphatic carbocycles. The SMILES string of the molecule is CC#CCCNC1CC1C. The summed E-state index contributed by atoms with van der Waals surface area (Å²) >= 11 is 0. The third-order valence-corrected chi connectivity index (χ3v) is 1.94. The van der Waals surface area contributed by atoms with Crippen molar-refractivity contribution in [2.24, 2.45) is 5.92 Å². The van der Waals surface area contributed by atoms with Crippen molar-refractivity contribution in [3.8, 4) is 11.8 Å². The molecule has 0 heterocycles. The maximum atomic E-state index is 3.44. The minimum Gasteiger partial charge on any atom is -0.313 e. The Balaban J connectivity index is 1.90. The van der Waals surface area contributed by atoms with Gasteiger partial charge >= 0.3 is 0 Å². The van der Waals surface area contributed by atoms with E-state index in [0.717, 1.165) is 24.9 Å². The molecule has 1 fully saturated rings. The highest BCUT2D eigenvalue weighted by molar-refractivity contribution is 4.96. The fourth-order valence-corrected chi connectivity index (χ4v) is 1.05. The lowest BCUT2D eigenvalue weighted by Crippen LogP contribution is -2.18. The molecule has 1 saturated carbocycles. The van der Waals surface area contributed by atoms with Gasteiger partial charge < -0.3 is 5.32 Å². The number of rotatable bonds is 3. The van der Waals surface area contributed by atoms with Gasteiger partial charge in [-0.1, -0.05) is 6.92 Å². The summed E-state index contributed by atoms with van der Waals surface area (Å²) in [6, 6.07) is 0.804. The van der Waals surface area contributed by atoms with E-state index in [1.54, 1.807) is 0 Å². The highest BCUT2D eigenvalue weighted by Crippen LogP contribution is 2.28. The summed E-state index contributed by atoms with van der Waals surface area (Å²) in [5.41, 5.74) is 0. The third-order valence-electron chi connectivity index (χ3n) is 1.94. The van der Waals surface area contributed by atoms with Crippen LogP contribution < -0.4 is 5.32 Å². The molecular weight excluding hydrogens is 122 g/mol. The molecule has 0 bridgehead atoms. The van der Waals surface area contributed by atoms with E-state index in [4.69, 9.17) is 0 Å². The first-order valence-corrected chi connectivity index (χ1v) is 3.97. The van der Waals surface area contributed by atoms with Crippen LogP contribution in [0.2, 0.25) is 0 Å². The molecule has 0 saturated heterocycles. The smallest absolute Gasteiger partial charge is 0.0214 e. The molecule has 2 unspecified atom stereocenters. The highest BCUT2D eigenvalue weighted by Gasteiger charge is 2.31. The molecule has 0 aliphatic heterocycles. The van der Waals surface area contributed by atoms with Gasteiger partial charge in [0.25, 0.3) is 0 Å². The quantitative estimate of drug-likeness (QED) is 0.458. The topological polar surface area (TPSA) is 12.0 Å². The number of nitrogens with one attached hydrogen (secondary N) is 1. The summed E-state index contributed by atoms with van der Waals surface area (Å²) in [5, 5.41) is 3.44. The summed E-state index contributed by atoms with van der Waals surface area (Å²) in [4.78, 5) is 0. The van der Waals surface area contributed by atoms with Crippen LogP contribution >= 0.6 is 0 Å². The van der Waals surface area contributed by atoms with Gasteiger partial charge in [-0.05, 0) is 19.3 Å². The Bertz CT molecular complexity index is 152. The van der Waals surface area contributed by atoms with Crippen LogP contribution in [-0.4, -0.2) is 12.6 Å². The molecule has 0 aromatic carbocycles. The van der Waals surface area contributed by atoms with Crippen molar-refractivity contribution < 1.29 is 0 Å². The summed E-state index contributed by atoms with van der Waals surface area (Å²) in [6.45, 7) is 5.23. The van der Waals surface area contributed by atoms with Gasteiger partial charge in [0, 0.05) is 19.0 Å². The Labute approximate surface area is 63.2 Å². The van der Waals surface area contributed by atoms with Crippen LogP contribution in [0.4, 0.5) is 0 Å². The molecule has 1 rings (SSSR count). The Morgan fingerprint density at radius 3 is 2.80 bits per heavy atom. The van der Waals surface area contributed by atoms with Crippen molar-refractivity contribution in [1.29, 1.82) is 0 Å². The second-order valence-electron chi connectivity index (χ2n) is 2.95. The van der Waals surface area contributed by atoms with Crippen LogP contribution in [0.3, 0.4) is 0 Å². The normalized spacial score (nSPS) is 29.0. The molecule has 2 atom stereocenters. The van der Waals surface area contributed by atoms with Gasteiger partial charge in [0.05, 0.1) is 0 Å². The maximum absolute atomic E-state index is 3.44. The lowest BCUT2D eigenvalue weighted by Gasteiger charge is -1.96. The van der Waals surface area contributed by atoms with E-state index in [1.165, 1.54) is 6.42 Å². The van der Waals surface area contributed by atoms with Crippen LogP contribution in [0.15, 0.2) is 0 Å². The van der Waals surface area contributed by atoms with Gasteiger partial charge in [0.2, 0.25) is 0 Å². The highest BCUT2D eigenvalue weighted by atomic mass is 15.0. The van der Waals surface area contributed by atoms with Crippen LogP contribution in [-0.2, 0) is 0 Å².